The Morgan fingerprint density at radius 2 is 1.93 bits per heavy atom. The van der Waals surface area contributed by atoms with Gasteiger partial charge in [-0.1, -0.05) is 0 Å². The molecule has 0 saturated carbocycles. The predicted octanol–water partition coefficient (Wildman–Crippen LogP) is 0.893. The van der Waals surface area contributed by atoms with E-state index in [0.29, 0.717) is 5.82 Å². The van der Waals surface area contributed by atoms with Crippen molar-refractivity contribution in [3.8, 4) is 11.5 Å². The van der Waals surface area contributed by atoms with Crippen molar-refractivity contribution in [2.75, 3.05) is 5.32 Å². The Morgan fingerprint density at radius 3 is 2.66 bits per heavy atom. The van der Waals surface area contributed by atoms with E-state index in [1.54, 1.807) is 17.0 Å². The second kappa shape index (κ2) is 7.31. The highest BCUT2D eigenvalue weighted by Crippen LogP contribution is 2.10. The van der Waals surface area contributed by atoms with Crippen molar-refractivity contribution in [1.29, 1.82) is 0 Å². The molecule has 0 spiro atoms. The SMILES string of the molecule is O=C(Nc1cc(-n2ccnc2)ncn1)c1c[nH]c(=O)n(-c2ccc(F)cc2)c1=O. The zero-order valence-electron chi connectivity index (χ0n) is 14.6. The molecule has 10 nitrogen and oxygen atoms in total. The van der Waals surface area contributed by atoms with Gasteiger partial charge in [-0.05, 0) is 24.3 Å². The Morgan fingerprint density at radius 1 is 1.14 bits per heavy atom. The minimum Gasteiger partial charge on any atom is -0.313 e. The highest BCUT2D eigenvalue weighted by Gasteiger charge is 2.17. The summed E-state index contributed by atoms with van der Waals surface area (Å²) < 4.78 is 15.5. The molecule has 0 aliphatic heterocycles. The number of hydrogen-bond donors (Lipinski definition) is 2. The third-order valence-corrected chi connectivity index (χ3v) is 3.97. The minimum atomic E-state index is -0.859. The van der Waals surface area contributed by atoms with Crippen LogP contribution in [0.5, 0.6) is 0 Å². The fourth-order valence-corrected chi connectivity index (χ4v) is 2.60. The number of imidazole rings is 1. The smallest absolute Gasteiger partial charge is 0.313 e. The molecule has 29 heavy (non-hydrogen) atoms. The Bertz CT molecular complexity index is 1290. The third-order valence-electron chi connectivity index (χ3n) is 3.97. The Kier molecular flexibility index (Phi) is 4.53. The number of nitrogens with one attached hydrogen (secondary N) is 2. The van der Waals surface area contributed by atoms with Gasteiger partial charge in [0.15, 0.2) is 0 Å². The Balaban J connectivity index is 1.67. The van der Waals surface area contributed by atoms with E-state index in [-0.39, 0.29) is 17.1 Å². The number of benzene rings is 1. The number of aromatic nitrogens is 6. The molecular formula is C18H12FN7O3. The standard InChI is InChI=1S/C18H12FN7O3/c19-11-1-3-12(4-2-11)26-17(28)13(8-21-18(26)29)16(27)24-14-7-15(23-9-22-14)25-6-5-20-10-25/h1-10H,(H,21,29)(H,22,23,24,27). The summed E-state index contributed by atoms with van der Waals surface area (Å²) in [5.74, 6) is -0.701. The van der Waals surface area contributed by atoms with E-state index >= 15 is 0 Å². The number of carbonyl (C=O) groups is 1. The molecule has 4 rings (SSSR count). The zero-order valence-corrected chi connectivity index (χ0v) is 14.6. The molecule has 0 aliphatic rings. The van der Waals surface area contributed by atoms with Crippen molar-refractivity contribution >= 4 is 11.7 Å². The van der Waals surface area contributed by atoms with Crippen molar-refractivity contribution in [1.82, 2.24) is 29.1 Å². The highest BCUT2D eigenvalue weighted by atomic mass is 19.1. The number of amides is 1. The normalized spacial score (nSPS) is 10.7. The summed E-state index contributed by atoms with van der Waals surface area (Å²) in [7, 11) is 0. The van der Waals surface area contributed by atoms with Crippen molar-refractivity contribution in [3.05, 3.63) is 93.8 Å². The number of halogens is 1. The van der Waals surface area contributed by atoms with Crippen LogP contribution in [0.1, 0.15) is 10.4 Å². The quantitative estimate of drug-likeness (QED) is 0.530. The lowest BCUT2D eigenvalue weighted by Gasteiger charge is -2.08. The second-order valence-electron chi connectivity index (χ2n) is 5.81. The molecular weight excluding hydrogens is 381 g/mol. The van der Waals surface area contributed by atoms with Crippen LogP contribution in [-0.4, -0.2) is 35.0 Å². The molecule has 2 N–H and O–H groups in total. The van der Waals surface area contributed by atoms with Crippen LogP contribution in [0.15, 0.2) is 71.2 Å². The van der Waals surface area contributed by atoms with Crippen LogP contribution in [0.2, 0.25) is 0 Å². The van der Waals surface area contributed by atoms with E-state index in [2.05, 4.69) is 25.3 Å². The lowest BCUT2D eigenvalue weighted by atomic mass is 10.2. The van der Waals surface area contributed by atoms with Gasteiger partial charge in [0.1, 0.15) is 35.7 Å². The maximum Gasteiger partial charge on any atom is 0.333 e. The monoisotopic (exact) mass is 393 g/mol. The van der Waals surface area contributed by atoms with Gasteiger partial charge in [-0.3, -0.25) is 14.2 Å². The summed E-state index contributed by atoms with van der Waals surface area (Å²) in [6, 6.07) is 6.22. The number of nitrogens with zero attached hydrogens (tertiary/aromatic N) is 5. The molecule has 3 heterocycles. The summed E-state index contributed by atoms with van der Waals surface area (Å²) >= 11 is 0. The third kappa shape index (κ3) is 3.56. The number of anilines is 1. The van der Waals surface area contributed by atoms with Crippen molar-refractivity contribution in [3.63, 3.8) is 0 Å². The summed E-state index contributed by atoms with van der Waals surface area (Å²) in [5.41, 5.74) is -1.82. The van der Waals surface area contributed by atoms with Gasteiger partial charge in [0, 0.05) is 24.7 Å². The van der Waals surface area contributed by atoms with Crippen LogP contribution in [0, 0.1) is 5.82 Å². The first-order valence-corrected chi connectivity index (χ1v) is 8.25. The molecule has 144 valence electrons. The maximum atomic E-state index is 13.1. The zero-order chi connectivity index (χ0) is 20.4. The van der Waals surface area contributed by atoms with Gasteiger partial charge in [-0.2, -0.15) is 0 Å². The first-order valence-electron chi connectivity index (χ1n) is 8.25. The molecule has 0 bridgehead atoms. The van der Waals surface area contributed by atoms with Gasteiger partial charge in [-0.25, -0.2) is 28.7 Å². The van der Waals surface area contributed by atoms with Gasteiger partial charge < -0.3 is 10.3 Å². The lowest BCUT2D eigenvalue weighted by Crippen LogP contribution is -2.38. The topological polar surface area (TPSA) is 128 Å². The molecule has 1 amide bonds. The molecule has 3 aromatic heterocycles. The first-order chi connectivity index (χ1) is 14.0. The second-order valence-corrected chi connectivity index (χ2v) is 5.81. The fraction of sp³-hybridized carbons (Fsp3) is 0. The molecule has 0 aliphatic carbocycles. The number of aromatic amines is 1. The Labute approximate surface area is 161 Å². The van der Waals surface area contributed by atoms with Gasteiger partial charge >= 0.3 is 5.69 Å². The van der Waals surface area contributed by atoms with Crippen molar-refractivity contribution < 1.29 is 9.18 Å². The van der Waals surface area contributed by atoms with Crippen LogP contribution < -0.4 is 16.6 Å². The summed E-state index contributed by atoms with van der Waals surface area (Å²) in [5, 5.41) is 2.49. The average Bonchev–Trinajstić information content (AvgIpc) is 3.24. The van der Waals surface area contributed by atoms with E-state index < -0.39 is 23.0 Å². The van der Waals surface area contributed by atoms with Gasteiger partial charge in [0.25, 0.3) is 11.5 Å². The predicted molar refractivity (Wildman–Crippen MR) is 99.7 cm³/mol. The van der Waals surface area contributed by atoms with Crippen LogP contribution in [0.3, 0.4) is 0 Å². The number of hydrogen-bond acceptors (Lipinski definition) is 6. The van der Waals surface area contributed by atoms with Gasteiger partial charge in [-0.15, -0.1) is 0 Å². The maximum absolute atomic E-state index is 13.1. The van der Waals surface area contributed by atoms with Gasteiger partial charge in [0.2, 0.25) is 0 Å². The van der Waals surface area contributed by atoms with Crippen LogP contribution >= 0.6 is 0 Å². The van der Waals surface area contributed by atoms with E-state index in [9.17, 15) is 18.8 Å². The van der Waals surface area contributed by atoms with Crippen LogP contribution in [0.4, 0.5) is 10.2 Å². The van der Waals surface area contributed by atoms with E-state index in [0.717, 1.165) is 22.9 Å². The number of H-pyrrole nitrogens is 1. The van der Waals surface area contributed by atoms with Crippen LogP contribution in [-0.2, 0) is 0 Å². The fourth-order valence-electron chi connectivity index (χ4n) is 2.60. The van der Waals surface area contributed by atoms with Gasteiger partial charge in [0.05, 0.1) is 5.69 Å². The molecule has 11 heteroatoms. The van der Waals surface area contributed by atoms with Crippen molar-refractivity contribution in [2.24, 2.45) is 0 Å². The average molecular weight is 393 g/mol. The lowest BCUT2D eigenvalue weighted by molar-refractivity contribution is 0.102. The largest absolute Gasteiger partial charge is 0.333 e. The molecule has 0 unspecified atom stereocenters. The first kappa shape index (κ1) is 18.0. The van der Waals surface area contributed by atoms with Crippen molar-refractivity contribution in [2.45, 2.75) is 0 Å². The van der Waals surface area contributed by atoms with Crippen LogP contribution in [0.25, 0.3) is 11.5 Å². The number of rotatable bonds is 4. The summed E-state index contributed by atoms with van der Waals surface area (Å²) in [4.78, 5) is 51.7. The number of carbonyl (C=O) groups excluding carboxylic acids is 1. The molecule has 0 saturated heterocycles. The Hall–Kier alpha value is -4.41. The van der Waals surface area contributed by atoms with E-state index in [1.807, 2.05) is 0 Å². The minimum absolute atomic E-state index is 0.122. The van der Waals surface area contributed by atoms with E-state index in [4.69, 9.17) is 0 Å². The summed E-state index contributed by atoms with van der Waals surface area (Å²) in [6.07, 6.45) is 7.01. The molecule has 1 aromatic carbocycles. The molecule has 0 fully saturated rings. The molecule has 0 radical (unpaired) electrons. The summed E-state index contributed by atoms with van der Waals surface area (Å²) in [6.45, 7) is 0. The molecule has 0 atom stereocenters. The highest BCUT2D eigenvalue weighted by molar-refractivity contribution is 6.03. The molecule has 4 aromatic rings. The van der Waals surface area contributed by atoms with E-state index in [1.165, 1.54) is 30.9 Å².